The van der Waals surface area contributed by atoms with Gasteiger partial charge < -0.3 is 9.73 Å². The summed E-state index contributed by atoms with van der Waals surface area (Å²) in [7, 11) is 0. The molecule has 0 saturated carbocycles. The van der Waals surface area contributed by atoms with Gasteiger partial charge in [-0.2, -0.15) is 5.10 Å². The first-order chi connectivity index (χ1) is 12.7. The molecule has 0 saturated heterocycles. The third-order valence-corrected chi connectivity index (χ3v) is 3.76. The molecule has 1 N–H and O–H groups in total. The summed E-state index contributed by atoms with van der Waals surface area (Å²) in [5.41, 5.74) is 0.801. The minimum absolute atomic E-state index is 0.191. The minimum atomic E-state index is -0.372. The second kappa shape index (κ2) is 6.63. The number of nitrogens with one attached hydrogen (secondary N) is 1. The Kier molecular flexibility index (Phi) is 4.02. The van der Waals surface area contributed by atoms with Crippen LogP contribution in [-0.4, -0.2) is 30.3 Å². The summed E-state index contributed by atoms with van der Waals surface area (Å²) in [5, 5.41) is 14.9. The second-order valence-corrected chi connectivity index (χ2v) is 5.51. The maximum atomic E-state index is 12.2. The average Bonchev–Trinajstić information content (AvgIpc) is 3.32. The van der Waals surface area contributed by atoms with Crippen molar-refractivity contribution in [3.8, 4) is 11.5 Å². The van der Waals surface area contributed by atoms with E-state index in [-0.39, 0.29) is 24.6 Å². The monoisotopic (exact) mass is 350 g/mol. The topological polar surface area (TPSA) is 107 Å². The zero-order valence-electron chi connectivity index (χ0n) is 13.6. The number of furan rings is 1. The van der Waals surface area contributed by atoms with E-state index in [0.717, 1.165) is 4.68 Å². The van der Waals surface area contributed by atoms with Crippen LogP contribution in [0.25, 0.3) is 17.1 Å². The van der Waals surface area contributed by atoms with Crippen molar-refractivity contribution >= 4 is 11.6 Å². The quantitative estimate of drug-likeness (QED) is 0.572. The summed E-state index contributed by atoms with van der Waals surface area (Å²) < 4.78 is 8.13. The Balaban J connectivity index is 1.46. The molecule has 4 heterocycles. The molecule has 0 fully saturated rings. The van der Waals surface area contributed by atoms with Gasteiger partial charge in [-0.05, 0) is 30.3 Å². The third-order valence-electron chi connectivity index (χ3n) is 3.76. The predicted octanol–water partition coefficient (Wildman–Crippen LogP) is 0.862. The van der Waals surface area contributed by atoms with Crippen LogP contribution in [0.1, 0.15) is 5.82 Å². The van der Waals surface area contributed by atoms with Crippen molar-refractivity contribution in [1.29, 1.82) is 0 Å². The van der Waals surface area contributed by atoms with Gasteiger partial charge in [0.15, 0.2) is 17.2 Å². The lowest BCUT2D eigenvalue weighted by molar-refractivity contribution is -0.122. The molecule has 26 heavy (non-hydrogen) atoms. The van der Waals surface area contributed by atoms with Crippen LogP contribution in [0.4, 0.5) is 0 Å². The highest BCUT2D eigenvalue weighted by Gasteiger charge is 2.11. The van der Waals surface area contributed by atoms with Gasteiger partial charge in [0, 0.05) is 12.3 Å². The number of hydrogen-bond acceptors (Lipinski definition) is 6. The number of hydrogen-bond donors (Lipinski definition) is 1. The first-order valence-electron chi connectivity index (χ1n) is 7.88. The summed E-state index contributed by atoms with van der Waals surface area (Å²) in [6, 6.07) is 11.9. The van der Waals surface area contributed by atoms with Gasteiger partial charge in [0.25, 0.3) is 5.56 Å². The molecule has 0 aliphatic carbocycles. The van der Waals surface area contributed by atoms with E-state index in [1.807, 2.05) is 24.4 Å². The van der Waals surface area contributed by atoms with Gasteiger partial charge in [-0.15, -0.1) is 10.2 Å². The molecule has 1 amide bonds. The number of carbonyl (C=O) groups is 1. The molecular formula is C17H14N6O3. The molecule has 9 heteroatoms. The lowest BCUT2D eigenvalue weighted by atomic mass is 10.3. The average molecular weight is 350 g/mol. The molecule has 4 aromatic rings. The SMILES string of the molecule is O=C(Cn1nc(-c2ccco2)ccc1=O)NCc1nnc2ccccn12. The van der Waals surface area contributed by atoms with E-state index in [1.165, 1.54) is 12.3 Å². The van der Waals surface area contributed by atoms with Crippen molar-refractivity contribution in [2.45, 2.75) is 13.1 Å². The number of carbonyl (C=O) groups excluding carboxylic acids is 1. The van der Waals surface area contributed by atoms with Crippen molar-refractivity contribution in [2.24, 2.45) is 0 Å². The zero-order chi connectivity index (χ0) is 17.9. The van der Waals surface area contributed by atoms with Crippen LogP contribution in [0, 0.1) is 0 Å². The summed E-state index contributed by atoms with van der Waals surface area (Å²) in [4.78, 5) is 24.1. The normalized spacial score (nSPS) is 10.9. The summed E-state index contributed by atoms with van der Waals surface area (Å²) in [5.74, 6) is 0.761. The van der Waals surface area contributed by atoms with E-state index in [2.05, 4.69) is 20.6 Å². The molecule has 0 radical (unpaired) electrons. The van der Waals surface area contributed by atoms with Crippen LogP contribution in [0.15, 0.2) is 64.1 Å². The van der Waals surface area contributed by atoms with Crippen LogP contribution in [0.2, 0.25) is 0 Å². The number of pyridine rings is 1. The van der Waals surface area contributed by atoms with Crippen LogP contribution >= 0.6 is 0 Å². The maximum absolute atomic E-state index is 12.2. The smallest absolute Gasteiger partial charge is 0.267 e. The Morgan fingerprint density at radius 3 is 2.88 bits per heavy atom. The molecule has 0 bridgehead atoms. The van der Waals surface area contributed by atoms with Crippen LogP contribution in [-0.2, 0) is 17.9 Å². The van der Waals surface area contributed by atoms with Crippen LogP contribution < -0.4 is 10.9 Å². The molecular weight excluding hydrogens is 336 g/mol. The largest absolute Gasteiger partial charge is 0.463 e. The summed E-state index contributed by atoms with van der Waals surface area (Å²) >= 11 is 0. The molecule has 0 aromatic carbocycles. The Bertz CT molecular complexity index is 1110. The number of rotatable bonds is 5. The molecule has 0 spiro atoms. The van der Waals surface area contributed by atoms with E-state index < -0.39 is 0 Å². The summed E-state index contributed by atoms with van der Waals surface area (Å²) in [6.45, 7) is -0.0131. The molecule has 0 aliphatic rings. The van der Waals surface area contributed by atoms with Gasteiger partial charge in [-0.25, -0.2) is 4.68 Å². The highest BCUT2D eigenvalue weighted by Crippen LogP contribution is 2.14. The number of aromatic nitrogens is 5. The molecule has 0 unspecified atom stereocenters. The van der Waals surface area contributed by atoms with E-state index >= 15 is 0 Å². The zero-order valence-corrected chi connectivity index (χ0v) is 13.6. The first-order valence-corrected chi connectivity index (χ1v) is 7.88. The Hall–Kier alpha value is -3.75. The van der Waals surface area contributed by atoms with E-state index in [1.54, 1.807) is 22.6 Å². The number of fused-ring (bicyclic) bond motifs is 1. The molecule has 0 atom stereocenters. The first kappa shape index (κ1) is 15.8. The highest BCUT2D eigenvalue weighted by molar-refractivity contribution is 5.75. The van der Waals surface area contributed by atoms with Crippen LogP contribution in [0.3, 0.4) is 0 Å². The second-order valence-electron chi connectivity index (χ2n) is 5.51. The fourth-order valence-electron chi connectivity index (χ4n) is 2.50. The van der Waals surface area contributed by atoms with Gasteiger partial charge in [0.05, 0.1) is 12.8 Å². The lowest BCUT2D eigenvalue weighted by Crippen LogP contribution is -2.33. The van der Waals surface area contributed by atoms with Crippen molar-refractivity contribution in [3.63, 3.8) is 0 Å². The highest BCUT2D eigenvalue weighted by atomic mass is 16.3. The van der Waals surface area contributed by atoms with Gasteiger partial charge >= 0.3 is 0 Å². The molecule has 130 valence electrons. The van der Waals surface area contributed by atoms with Gasteiger partial charge in [-0.1, -0.05) is 6.07 Å². The number of amides is 1. The van der Waals surface area contributed by atoms with Gasteiger partial charge in [-0.3, -0.25) is 14.0 Å². The fourth-order valence-corrected chi connectivity index (χ4v) is 2.50. The Morgan fingerprint density at radius 1 is 1.12 bits per heavy atom. The Labute approximate surface area is 146 Å². The predicted molar refractivity (Wildman–Crippen MR) is 91.0 cm³/mol. The molecule has 0 aliphatic heterocycles. The minimum Gasteiger partial charge on any atom is -0.463 e. The van der Waals surface area contributed by atoms with Crippen molar-refractivity contribution in [2.75, 3.05) is 0 Å². The van der Waals surface area contributed by atoms with E-state index in [4.69, 9.17) is 4.42 Å². The van der Waals surface area contributed by atoms with E-state index in [0.29, 0.717) is 22.9 Å². The van der Waals surface area contributed by atoms with Crippen molar-refractivity contribution < 1.29 is 9.21 Å². The Morgan fingerprint density at radius 2 is 2.04 bits per heavy atom. The molecule has 4 aromatic heterocycles. The van der Waals surface area contributed by atoms with Crippen LogP contribution in [0.5, 0.6) is 0 Å². The third kappa shape index (κ3) is 3.09. The fraction of sp³-hybridized carbons (Fsp3) is 0.118. The van der Waals surface area contributed by atoms with Crippen molar-refractivity contribution in [3.05, 3.63) is 71.1 Å². The molecule has 9 nitrogen and oxygen atoms in total. The van der Waals surface area contributed by atoms with Gasteiger partial charge in [0.2, 0.25) is 5.91 Å². The standard InChI is InChI=1S/C17H14N6O3/c24-16(18-10-15-20-19-14-5-1-2-8-22(14)15)11-23-17(25)7-6-12(21-23)13-4-3-9-26-13/h1-9H,10-11H2,(H,18,24). The summed E-state index contributed by atoms with van der Waals surface area (Å²) in [6.07, 6.45) is 3.33. The molecule has 4 rings (SSSR count). The van der Waals surface area contributed by atoms with Gasteiger partial charge in [0.1, 0.15) is 12.2 Å². The van der Waals surface area contributed by atoms with Crippen molar-refractivity contribution in [1.82, 2.24) is 29.7 Å². The lowest BCUT2D eigenvalue weighted by Gasteiger charge is -2.07. The maximum Gasteiger partial charge on any atom is 0.267 e. The number of nitrogens with zero attached hydrogens (tertiary/aromatic N) is 5. The van der Waals surface area contributed by atoms with E-state index in [9.17, 15) is 9.59 Å².